The summed E-state index contributed by atoms with van der Waals surface area (Å²) < 4.78 is 14.3. The topological polar surface area (TPSA) is 89.7 Å². The predicted molar refractivity (Wildman–Crippen MR) is 110 cm³/mol. The highest BCUT2D eigenvalue weighted by Gasteiger charge is 2.30. The lowest BCUT2D eigenvalue weighted by molar-refractivity contribution is 0.480. The van der Waals surface area contributed by atoms with Crippen molar-refractivity contribution in [2.75, 3.05) is 23.7 Å². The van der Waals surface area contributed by atoms with Gasteiger partial charge in [0.1, 0.15) is 5.82 Å². The highest BCUT2D eigenvalue weighted by atomic mass is 35.5. The highest BCUT2D eigenvalue weighted by molar-refractivity contribution is 7.85. The second-order valence-corrected chi connectivity index (χ2v) is 9.32. The van der Waals surface area contributed by atoms with Gasteiger partial charge in [0, 0.05) is 62.4 Å². The first-order chi connectivity index (χ1) is 14.1. The van der Waals surface area contributed by atoms with Gasteiger partial charge in [0.2, 0.25) is 5.95 Å². The maximum Gasteiger partial charge on any atom is 0.226 e. The average molecular weight is 430 g/mol. The standard InChI is InChI=1S/C19H20ClN7OS/c1-26-11-13(8-23-26)16-17-15(4-7-29(17)28)24-19(25-16)27-5-2-12(3-6-27)18-21-9-14(20)10-22-18/h8-12H,2-7H2,1H3/t29-/m0/s1. The van der Waals surface area contributed by atoms with Crippen molar-refractivity contribution in [2.45, 2.75) is 30.1 Å². The summed E-state index contributed by atoms with van der Waals surface area (Å²) in [5.41, 5.74) is 2.53. The van der Waals surface area contributed by atoms with Crippen molar-refractivity contribution in [1.82, 2.24) is 29.7 Å². The van der Waals surface area contributed by atoms with Crippen molar-refractivity contribution in [2.24, 2.45) is 7.05 Å². The number of hydrogen-bond donors (Lipinski definition) is 0. The SMILES string of the molecule is Cn1cc(-c2nc(N3CCC(c4ncc(Cl)cn4)CC3)nc3c2[S@@](=O)CC3)cn1. The molecule has 10 heteroatoms. The van der Waals surface area contributed by atoms with Gasteiger partial charge in [0.15, 0.2) is 0 Å². The van der Waals surface area contributed by atoms with Gasteiger partial charge in [-0.15, -0.1) is 0 Å². The second kappa shape index (κ2) is 7.46. The Bertz CT molecular complexity index is 1080. The Morgan fingerprint density at radius 3 is 2.59 bits per heavy atom. The smallest absolute Gasteiger partial charge is 0.226 e. The van der Waals surface area contributed by atoms with Crippen molar-refractivity contribution < 1.29 is 4.21 Å². The van der Waals surface area contributed by atoms with E-state index in [-0.39, 0.29) is 0 Å². The molecule has 0 unspecified atom stereocenters. The van der Waals surface area contributed by atoms with Gasteiger partial charge in [-0.25, -0.2) is 19.9 Å². The molecule has 2 aliphatic heterocycles. The molecule has 0 amide bonds. The summed E-state index contributed by atoms with van der Waals surface area (Å²) in [7, 11) is 0.813. The Labute approximate surface area is 175 Å². The molecule has 1 fully saturated rings. The maximum absolute atomic E-state index is 12.5. The molecule has 1 atom stereocenters. The Morgan fingerprint density at radius 2 is 1.90 bits per heavy atom. The third-order valence-electron chi connectivity index (χ3n) is 5.44. The van der Waals surface area contributed by atoms with Gasteiger partial charge in [0.25, 0.3) is 0 Å². The number of hydrogen-bond acceptors (Lipinski definition) is 7. The lowest BCUT2D eigenvalue weighted by Crippen LogP contribution is -2.35. The minimum absolute atomic E-state index is 0.309. The Hall–Kier alpha value is -2.39. The van der Waals surface area contributed by atoms with Crippen LogP contribution in [0, 0.1) is 0 Å². The monoisotopic (exact) mass is 429 g/mol. The summed E-state index contributed by atoms with van der Waals surface area (Å²) in [6.45, 7) is 1.65. The maximum atomic E-state index is 12.5. The van der Waals surface area contributed by atoms with E-state index >= 15 is 0 Å². The Balaban J connectivity index is 1.42. The molecule has 29 heavy (non-hydrogen) atoms. The largest absolute Gasteiger partial charge is 0.341 e. The molecule has 2 aliphatic rings. The van der Waals surface area contributed by atoms with Crippen LogP contribution in [0.3, 0.4) is 0 Å². The summed E-state index contributed by atoms with van der Waals surface area (Å²) >= 11 is 5.90. The minimum Gasteiger partial charge on any atom is -0.341 e. The van der Waals surface area contributed by atoms with Crippen LogP contribution in [-0.2, 0) is 24.3 Å². The van der Waals surface area contributed by atoms with E-state index in [4.69, 9.17) is 21.6 Å². The van der Waals surface area contributed by atoms with Gasteiger partial charge >= 0.3 is 0 Å². The number of halogens is 1. The predicted octanol–water partition coefficient (Wildman–Crippen LogP) is 2.37. The van der Waals surface area contributed by atoms with Crippen LogP contribution in [0.4, 0.5) is 5.95 Å². The lowest BCUT2D eigenvalue weighted by Gasteiger charge is -2.31. The highest BCUT2D eigenvalue weighted by Crippen LogP contribution is 2.34. The molecular weight excluding hydrogens is 410 g/mol. The first-order valence-electron chi connectivity index (χ1n) is 9.59. The van der Waals surface area contributed by atoms with E-state index in [2.05, 4.69) is 20.0 Å². The summed E-state index contributed by atoms with van der Waals surface area (Å²) in [6.07, 6.45) is 9.56. The summed E-state index contributed by atoms with van der Waals surface area (Å²) in [5.74, 6) is 2.46. The van der Waals surface area contributed by atoms with E-state index in [0.29, 0.717) is 22.6 Å². The molecule has 0 N–H and O–H groups in total. The summed E-state index contributed by atoms with van der Waals surface area (Å²) in [5, 5.41) is 4.81. The van der Waals surface area contributed by atoms with Crippen molar-refractivity contribution in [3.63, 3.8) is 0 Å². The van der Waals surface area contributed by atoms with Crippen LogP contribution in [0.5, 0.6) is 0 Å². The van der Waals surface area contributed by atoms with Gasteiger partial charge in [-0.2, -0.15) is 5.10 Å². The number of anilines is 1. The molecule has 0 radical (unpaired) electrons. The molecule has 1 saturated heterocycles. The molecule has 0 aromatic carbocycles. The number of aryl methyl sites for hydroxylation is 2. The summed E-state index contributed by atoms with van der Waals surface area (Å²) in [6, 6.07) is 0. The Morgan fingerprint density at radius 1 is 1.14 bits per heavy atom. The van der Waals surface area contributed by atoms with Crippen LogP contribution in [-0.4, -0.2) is 52.8 Å². The van der Waals surface area contributed by atoms with E-state index in [1.807, 2.05) is 13.2 Å². The average Bonchev–Trinajstić information content (AvgIpc) is 3.34. The third kappa shape index (κ3) is 3.53. The van der Waals surface area contributed by atoms with E-state index < -0.39 is 10.8 Å². The van der Waals surface area contributed by atoms with E-state index in [1.165, 1.54) is 0 Å². The van der Waals surface area contributed by atoms with Crippen LogP contribution in [0.15, 0.2) is 29.7 Å². The molecule has 5 heterocycles. The van der Waals surface area contributed by atoms with E-state index in [1.54, 1.807) is 23.3 Å². The van der Waals surface area contributed by atoms with Gasteiger partial charge < -0.3 is 4.90 Å². The van der Waals surface area contributed by atoms with Crippen LogP contribution >= 0.6 is 11.6 Å². The van der Waals surface area contributed by atoms with Crippen LogP contribution in [0.2, 0.25) is 5.02 Å². The van der Waals surface area contributed by atoms with Gasteiger partial charge in [-0.1, -0.05) is 11.6 Å². The molecule has 8 nitrogen and oxygen atoms in total. The van der Waals surface area contributed by atoms with Crippen molar-refractivity contribution >= 4 is 28.3 Å². The van der Waals surface area contributed by atoms with Crippen molar-refractivity contribution in [3.8, 4) is 11.3 Å². The molecule has 5 rings (SSSR count). The van der Waals surface area contributed by atoms with Crippen molar-refractivity contribution in [1.29, 1.82) is 0 Å². The van der Waals surface area contributed by atoms with Crippen LogP contribution in [0.25, 0.3) is 11.3 Å². The first kappa shape index (κ1) is 18.6. The number of nitrogens with zero attached hydrogens (tertiary/aromatic N) is 7. The fourth-order valence-corrected chi connectivity index (χ4v) is 5.41. The van der Waals surface area contributed by atoms with Crippen LogP contribution in [0.1, 0.15) is 30.3 Å². The normalized spacial score (nSPS) is 19.5. The number of piperidine rings is 1. The fraction of sp³-hybridized carbons (Fsp3) is 0.421. The minimum atomic E-state index is -1.05. The van der Waals surface area contributed by atoms with Crippen LogP contribution < -0.4 is 4.90 Å². The molecule has 0 aliphatic carbocycles. The summed E-state index contributed by atoms with van der Waals surface area (Å²) in [4.78, 5) is 21.3. The zero-order valence-electron chi connectivity index (χ0n) is 16.0. The third-order valence-corrected chi connectivity index (χ3v) is 7.09. The molecule has 3 aromatic heterocycles. The number of fused-ring (bicyclic) bond motifs is 1. The Kier molecular flexibility index (Phi) is 4.79. The molecule has 0 saturated carbocycles. The quantitative estimate of drug-likeness (QED) is 0.631. The van der Waals surface area contributed by atoms with E-state index in [9.17, 15) is 4.21 Å². The molecule has 3 aromatic rings. The second-order valence-electron chi connectivity index (χ2n) is 7.37. The fourth-order valence-electron chi connectivity index (χ4n) is 3.94. The van der Waals surface area contributed by atoms with Gasteiger partial charge in [0.05, 0.1) is 38.3 Å². The lowest BCUT2D eigenvalue weighted by atomic mass is 9.96. The zero-order valence-corrected chi connectivity index (χ0v) is 17.5. The first-order valence-corrected chi connectivity index (χ1v) is 11.3. The molecule has 0 spiro atoms. The van der Waals surface area contributed by atoms with Crippen molar-refractivity contribution in [3.05, 3.63) is 41.3 Å². The zero-order chi connectivity index (χ0) is 20.0. The number of aromatic nitrogens is 6. The van der Waals surface area contributed by atoms with Gasteiger partial charge in [-0.3, -0.25) is 8.89 Å². The van der Waals surface area contributed by atoms with Gasteiger partial charge in [-0.05, 0) is 12.8 Å². The van der Waals surface area contributed by atoms with E-state index in [0.717, 1.165) is 60.0 Å². The number of rotatable bonds is 3. The molecule has 150 valence electrons. The molecular formula is C19H20ClN7OS. The molecule has 0 bridgehead atoms.